The van der Waals surface area contributed by atoms with Crippen LogP contribution in [-0.2, 0) is 14.3 Å². The number of allylic oxidation sites excluding steroid dienone is 1. The van der Waals surface area contributed by atoms with E-state index in [2.05, 4.69) is 65.1 Å². The fraction of sp³-hybridized carbons (Fsp3) is 0.692. The van der Waals surface area contributed by atoms with Gasteiger partial charge in [0.2, 0.25) is 0 Å². The van der Waals surface area contributed by atoms with E-state index in [1.54, 1.807) is 4.08 Å². The maximum absolute atomic E-state index is 14.0. The Balaban J connectivity index is 3.50. The van der Waals surface area contributed by atoms with Crippen LogP contribution >= 0.6 is 45.2 Å². The number of hydrogen-bond acceptors (Lipinski definition) is 5. The molecular weight excluding hydrogens is 646 g/mol. The summed E-state index contributed by atoms with van der Waals surface area (Å²) in [5, 5.41) is 20.1. The number of ketones is 1. The number of carbonyl (C=O) groups excluding carboxylic acids is 2. The zero-order valence-corrected chi connectivity index (χ0v) is 24.9. The molecule has 0 aliphatic carbocycles. The number of Topliss-reactive ketones (excluding diaryl/α,β-unsaturated/α-hetero) is 1. The van der Waals surface area contributed by atoms with Gasteiger partial charge in [0.15, 0.2) is 0 Å². The summed E-state index contributed by atoms with van der Waals surface area (Å²) in [4.78, 5) is 26.7. The second-order valence-corrected chi connectivity index (χ2v) is 11.0. The van der Waals surface area contributed by atoms with E-state index >= 15 is 0 Å². The summed E-state index contributed by atoms with van der Waals surface area (Å²) in [6, 6.07) is 0. The largest absolute Gasteiger partial charge is 0.465 e. The minimum Gasteiger partial charge on any atom is -0.465 e. The van der Waals surface area contributed by atoms with Crippen molar-refractivity contribution in [2.75, 3.05) is 19.8 Å². The number of ether oxygens (including phenoxy) is 1. The molecule has 4 atom stereocenters. The smallest absolute Gasteiger partial charge is 0.306 e. The average molecular weight is 686 g/mol. The standard InChI is InChI=1S/C26H40I2O5/c1-17-8-6-10-18(2)24(21(14-28)16-30)19(3)25(32)26(4,5)22(20(13-27)15-29)12-23(31)33-11-7-9-17/h9,13-14,18-19,22,24,29-30H,6-8,10-12,15-16H2,1-5H3/b17-9-,20-13-,21-14-/t18-,19+,22+,24-/m0/s1. The predicted molar refractivity (Wildman–Crippen MR) is 150 cm³/mol. The van der Waals surface area contributed by atoms with Gasteiger partial charge in [-0.05, 0) is 63.8 Å². The molecule has 1 aliphatic heterocycles. The van der Waals surface area contributed by atoms with Crippen molar-refractivity contribution in [2.24, 2.45) is 29.1 Å². The number of carbonyl (C=O) groups is 2. The van der Waals surface area contributed by atoms with Crippen LogP contribution in [0, 0.1) is 29.1 Å². The quantitative estimate of drug-likeness (QED) is 0.210. The Kier molecular flexibility index (Phi) is 14.0. The van der Waals surface area contributed by atoms with Gasteiger partial charge in [-0.1, -0.05) is 84.5 Å². The molecule has 0 bridgehead atoms. The molecule has 1 rings (SSSR count). The normalized spacial score (nSPS) is 31.0. The highest BCUT2D eigenvalue weighted by Gasteiger charge is 2.44. The van der Waals surface area contributed by atoms with Crippen molar-refractivity contribution in [3.05, 3.63) is 31.0 Å². The third kappa shape index (κ3) is 8.72. The number of esters is 1. The van der Waals surface area contributed by atoms with Gasteiger partial charge in [-0.3, -0.25) is 9.59 Å². The Morgan fingerprint density at radius 1 is 1.15 bits per heavy atom. The first-order valence-electron chi connectivity index (χ1n) is 11.7. The summed E-state index contributed by atoms with van der Waals surface area (Å²) in [5.74, 6) is -1.01. The molecule has 1 heterocycles. The molecule has 33 heavy (non-hydrogen) atoms. The van der Waals surface area contributed by atoms with Crippen LogP contribution in [0.25, 0.3) is 0 Å². The summed E-state index contributed by atoms with van der Waals surface area (Å²) in [7, 11) is 0. The SMILES string of the molecule is C/C1=C/CCOC(=O)C[C@H](/C(=C\I)CO)C(C)(C)C(=O)[C@H](C)[C@@H](/C(=C\I)CO)[C@@H](C)CCC1. The summed E-state index contributed by atoms with van der Waals surface area (Å²) in [6.45, 7) is 9.94. The van der Waals surface area contributed by atoms with Crippen molar-refractivity contribution in [2.45, 2.75) is 66.7 Å². The van der Waals surface area contributed by atoms with Crippen molar-refractivity contribution in [1.29, 1.82) is 0 Å². The van der Waals surface area contributed by atoms with Gasteiger partial charge in [-0.25, -0.2) is 0 Å². The lowest BCUT2D eigenvalue weighted by atomic mass is 9.63. The number of aliphatic hydroxyl groups excluding tert-OH is 2. The van der Waals surface area contributed by atoms with E-state index in [9.17, 15) is 19.8 Å². The first-order valence-corrected chi connectivity index (χ1v) is 14.2. The van der Waals surface area contributed by atoms with Gasteiger partial charge in [0.05, 0.1) is 26.2 Å². The molecule has 0 amide bonds. The monoisotopic (exact) mass is 686 g/mol. The van der Waals surface area contributed by atoms with Gasteiger partial charge in [0.25, 0.3) is 0 Å². The van der Waals surface area contributed by atoms with E-state index < -0.39 is 11.3 Å². The summed E-state index contributed by atoms with van der Waals surface area (Å²) < 4.78 is 9.15. The van der Waals surface area contributed by atoms with E-state index in [0.717, 1.165) is 24.8 Å². The third-order valence-corrected chi connectivity index (χ3v) is 8.67. The van der Waals surface area contributed by atoms with E-state index in [1.807, 2.05) is 24.9 Å². The number of cyclic esters (lactones) is 1. The highest BCUT2D eigenvalue weighted by Crippen LogP contribution is 2.43. The lowest BCUT2D eigenvalue weighted by Crippen LogP contribution is -2.43. The van der Waals surface area contributed by atoms with Gasteiger partial charge in [-0.15, -0.1) is 0 Å². The Morgan fingerprint density at radius 2 is 1.76 bits per heavy atom. The van der Waals surface area contributed by atoms with Crippen molar-refractivity contribution in [1.82, 2.24) is 0 Å². The van der Waals surface area contributed by atoms with Crippen LogP contribution in [0.5, 0.6) is 0 Å². The van der Waals surface area contributed by atoms with Crippen LogP contribution in [0.3, 0.4) is 0 Å². The van der Waals surface area contributed by atoms with E-state index in [1.165, 1.54) is 5.57 Å². The number of aliphatic hydroxyl groups is 2. The first kappa shape index (κ1) is 30.8. The summed E-state index contributed by atoms with van der Waals surface area (Å²) >= 11 is 4.21. The Hall–Kier alpha value is -0.260. The van der Waals surface area contributed by atoms with Gasteiger partial charge in [0.1, 0.15) is 5.78 Å². The molecule has 0 aromatic rings. The number of halogens is 2. The molecule has 2 N–H and O–H groups in total. The maximum atomic E-state index is 14.0. The summed E-state index contributed by atoms with van der Waals surface area (Å²) in [5.41, 5.74) is 1.91. The van der Waals surface area contributed by atoms with Crippen LogP contribution in [-0.4, -0.2) is 41.8 Å². The Labute approximate surface area is 226 Å². The van der Waals surface area contributed by atoms with Crippen LogP contribution in [0.2, 0.25) is 0 Å². The molecule has 0 aromatic carbocycles. The minimum absolute atomic E-state index is 0.0359. The highest BCUT2D eigenvalue weighted by molar-refractivity contribution is 14.1. The average Bonchev–Trinajstić information content (AvgIpc) is 2.78. The van der Waals surface area contributed by atoms with E-state index in [4.69, 9.17) is 4.74 Å². The molecule has 7 heteroatoms. The predicted octanol–water partition coefficient (Wildman–Crippen LogP) is 6.16. The molecule has 0 spiro atoms. The zero-order chi connectivity index (χ0) is 25.2. The van der Waals surface area contributed by atoms with Gasteiger partial charge in [0, 0.05) is 17.3 Å². The maximum Gasteiger partial charge on any atom is 0.306 e. The molecule has 188 valence electrons. The van der Waals surface area contributed by atoms with Gasteiger partial charge in [-0.2, -0.15) is 0 Å². The van der Waals surface area contributed by atoms with E-state index in [-0.39, 0.29) is 49.1 Å². The second-order valence-electron chi connectivity index (χ2n) is 9.77. The third-order valence-electron chi connectivity index (χ3n) is 7.07. The molecular formula is C26H40I2O5. The Morgan fingerprint density at radius 3 is 2.30 bits per heavy atom. The number of hydrogen-bond donors (Lipinski definition) is 2. The van der Waals surface area contributed by atoms with Crippen molar-refractivity contribution < 1.29 is 24.5 Å². The van der Waals surface area contributed by atoms with Gasteiger partial charge >= 0.3 is 5.97 Å². The molecule has 0 aromatic heterocycles. The lowest BCUT2D eigenvalue weighted by Gasteiger charge is -2.39. The summed E-state index contributed by atoms with van der Waals surface area (Å²) in [6.07, 6.45) is 5.75. The second kappa shape index (κ2) is 15.0. The zero-order valence-electron chi connectivity index (χ0n) is 20.6. The van der Waals surface area contributed by atoms with Crippen LogP contribution < -0.4 is 0 Å². The molecule has 1 aliphatic rings. The number of rotatable bonds is 4. The minimum atomic E-state index is -0.893. The molecule has 0 radical (unpaired) electrons. The van der Waals surface area contributed by atoms with Gasteiger partial charge < -0.3 is 14.9 Å². The Bertz CT molecular complexity index is 754. The fourth-order valence-electron chi connectivity index (χ4n) is 5.07. The van der Waals surface area contributed by atoms with E-state index in [0.29, 0.717) is 18.6 Å². The first-order chi connectivity index (χ1) is 15.5. The molecule has 0 unspecified atom stereocenters. The van der Waals surface area contributed by atoms with Crippen LogP contribution in [0.4, 0.5) is 0 Å². The van der Waals surface area contributed by atoms with Crippen molar-refractivity contribution >= 4 is 56.9 Å². The van der Waals surface area contributed by atoms with Crippen LogP contribution in [0.1, 0.15) is 66.7 Å². The van der Waals surface area contributed by atoms with Crippen molar-refractivity contribution in [3.8, 4) is 0 Å². The van der Waals surface area contributed by atoms with Crippen molar-refractivity contribution in [3.63, 3.8) is 0 Å². The highest BCUT2D eigenvalue weighted by atomic mass is 127. The van der Waals surface area contributed by atoms with Crippen LogP contribution in [0.15, 0.2) is 31.0 Å². The molecule has 5 nitrogen and oxygen atoms in total. The topological polar surface area (TPSA) is 83.8 Å². The molecule has 0 saturated heterocycles. The molecule has 0 saturated carbocycles. The fourth-order valence-corrected chi connectivity index (χ4v) is 6.32. The molecule has 0 fully saturated rings. The lowest BCUT2D eigenvalue weighted by molar-refractivity contribution is -0.146.